The van der Waals surface area contributed by atoms with E-state index in [1.807, 2.05) is 6.92 Å². The van der Waals surface area contributed by atoms with E-state index >= 15 is 0 Å². The van der Waals surface area contributed by atoms with Gasteiger partial charge in [-0.1, -0.05) is 30.7 Å². The molecule has 1 saturated heterocycles. The largest absolute Gasteiger partial charge is 0.357 e. The van der Waals surface area contributed by atoms with E-state index in [-0.39, 0.29) is 5.91 Å². The van der Waals surface area contributed by atoms with Gasteiger partial charge in [0.05, 0.1) is 12.1 Å². The van der Waals surface area contributed by atoms with Gasteiger partial charge in [-0.2, -0.15) is 0 Å². The Morgan fingerprint density at radius 3 is 2.45 bits per heavy atom. The van der Waals surface area contributed by atoms with Gasteiger partial charge in [-0.25, -0.2) is 4.99 Å². The number of hydrogen-bond acceptors (Lipinski definition) is 4. The van der Waals surface area contributed by atoms with E-state index in [2.05, 4.69) is 55.1 Å². The van der Waals surface area contributed by atoms with Crippen molar-refractivity contribution < 1.29 is 4.79 Å². The molecule has 0 unspecified atom stereocenters. The van der Waals surface area contributed by atoms with Crippen LogP contribution in [-0.4, -0.2) is 54.5 Å². The Hall–Kier alpha value is -2.93. The molecule has 0 spiro atoms. The summed E-state index contributed by atoms with van der Waals surface area (Å²) in [5.41, 5.74) is 3.11. The standard InChI is InChI=1S/C24H34N6O/c1-2-26-24(28-14-13-27-23(31)22-7-6-12-25-18-22)29-17-20-8-10-21(11-9-20)19-30-15-4-3-5-16-30/h6-12,18H,2-5,13-17,19H2,1H3,(H,27,31)(H2,26,28,29). The molecule has 3 rings (SSSR count). The number of likely N-dealkylation sites (tertiary alicyclic amines) is 1. The summed E-state index contributed by atoms with van der Waals surface area (Å²) in [7, 11) is 0. The van der Waals surface area contributed by atoms with Crippen molar-refractivity contribution in [3.63, 3.8) is 0 Å². The summed E-state index contributed by atoms with van der Waals surface area (Å²) >= 11 is 0. The highest BCUT2D eigenvalue weighted by Crippen LogP contribution is 2.14. The van der Waals surface area contributed by atoms with Gasteiger partial charge in [-0.15, -0.1) is 0 Å². The van der Waals surface area contributed by atoms with Crippen molar-refractivity contribution >= 4 is 11.9 Å². The second kappa shape index (κ2) is 12.7. The number of nitrogens with one attached hydrogen (secondary N) is 3. The molecular weight excluding hydrogens is 388 g/mol. The summed E-state index contributed by atoms with van der Waals surface area (Å²) in [5.74, 6) is 0.622. The molecule has 1 aliphatic heterocycles. The third-order valence-electron chi connectivity index (χ3n) is 5.27. The van der Waals surface area contributed by atoms with Gasteiger partial charge in [-0.3, -0.25) is 14.7 Å². The van der Waals surface area contributed by atoms with Crippen molar-refractivity contribution in [2.45, 2.75) is 39.3 Å². The fourth-order valence-corrected chi connectivity index (χ4v) is 3.59. The number of hydrogen-bond donors (Lipinski definition) is 3. The minimum absolute atomic E-state index is 0.124. The summed E-state index contributed by atoms with van der Waals surface area (Å²) in [6, 6.07) is 12.3. The van der Waals surface area contributed by atoms with Gasteiger partial charge < -0.3 is 16.0 Å². The molecule has 3 N–H and O–H groups in total. The van der Waals surface area contributed by atoms with E-state index in [9.17, 15) is 4.79 Å². The highest BCUT2D eigenvalue weighted by molar-refractivity contribution is 5.93. The van der Waals surface area contributed by atoms with Crippen molar-refractivity contribution in [2.24, 2.45) is 4.99 Å². The lowest BCUT2D eigenvalue weighted by molar-refractivity contribution is 0.0954. The minimum Gasteiger partial charge on any atom is -0.357 e. The fourth-order valence-electron chi connectivity index (χ4n) is 3.59. The molecule has 0 saturated carbocycles. The number of aliphatic imine (C=N–C) groups is 1. The molecule has 1 fully saturated rings. The summed E-state index contributed by atoms with van der Waals surface area (Å²) in [6.45, 7) is 7.99. The van der Waals surface area contributed by atoms with Crippen LogP contribution in [0.25, 0.3) is 0 Å². The average Bonchev–Trinajstić information content (AvgIpc) is 2.82. The number of aromatic nitrogens is 1. The molecule has 0 aliphatic carbocycles. The summed E-state index contributed by atoms with van der Waals surface area (Å²) in [5, 5.41) is 9.39. The lowest BCUT2D eigenvalue weighted by Gasteiger charge is -2.26. The van der Waals surface area contributed by atoms with Crippen molar-refractivity contribution in [3.05, 3.63) is 65.5 Å². The van der Waals surface area contributed by atoms with E-state index in [0.717, 1.165) is 19.0 Å². The normalized spacial score (nSPS) is 14.8. The first kappa shape index (κ1) is 22.7. The van der Waals surface area contributed by atoms with Gasteiger partial charge in [0, 0.05) is 38.6 Å². The zero-order chi connectivity index (χ0) is 21.7. The van der Waals surface area contributed by atoms with E-state index in [1.54, 1.807) is 24.5 Å². The topological polar surface area (TPSA) is 81.7 Å². The quantitative estimate of drug-likeness (QED) is 0.329. The molecule has 0 bridgehead atoms. The first-order valence-electron chi connectivity index (χ1n) is 11.2. The van der Waals surface area contributed by atoms with E-state index < -0.39 is 0 Å². The maximum absolute atomic E-state index is 12.1. The molecule has 2 aromatic rings. The maximum Gasteiger partial charge on any atom is 0.252 e. The van der Waals surface area contributed by atoms with Gasteiger partial charge in [0.2, 0.25) is 0 Å². The molecule has 1 amide bonds. The predicted molar refractivity (Wildman–Crippen MR) is 125 cm³/mol. The van der Waals surface area contributed by atoms with Crippen molar-refractivity contribution in [2.75, 3.05) is 32.7 Å². The van der Waals surface area contributed by atoms with Crippen LogP contribution in [0, 0.1) is 0 Å². The maximum atomic E-state index is 12.1. The molecule has 0 atom stereocenters. The monoisotopic (exact) mass is 422 g/mol. The predicted octanol–water partition coefficient (Wildman–Crippen LogP) is 2.55. The summed E-state index contributed by atoms with van der Waals surface area (Å²) in [6.07, 6.45) is 7.22. The lowest BCUT2D eigenvalue weighted by Crippen LogP contribution is -2.41. The van der Waals surface area contributed by atoms with Gasteiger partial charge >= 0.3 is 0 Å². The number of rotatable bonds is 9. The van der Waals surface area contributed by atoms with Gasteiger partial charge in [0.1, 0.15) is 0 Å². The van der Waals surface area contributed by atoms with Crippen LogP contribution in [0.3, 0.4) is 0 Å². The van der Waals surface area contributed by atoms with Crippen molar-refractivity contribution in [1.82, 2.24) is 25.8 Å². The molecule has 7 nitrogen and oxygen atoms in total. The average molecular weight is 423 g/mol. The fraction of sp³-hybridized carbons (Fsp3) is 0.458. The van der Waals surface area contributed by atoms with Crippen LogP contribution < -0.4 is 16.0 Å². The molecule has 1 aliphatic rings. The summed E-state index contributed by atoms with van der Waals surface area (Å²) in [4.78, 5) is 23.2. The van der Waals surface area contributed by atoms with E-state index in [1.165, 1.54) is 43.5 Å². The second-order valence-electron chi connectivity index (χ2n) is 7.77. The van der Waals surface area contributed by atoms with Crippen LogP contribution in [0.4, 0.5) is 0 Å². The van der Waals surface area contributed by atoms with Crippen LogP contribution in [0.2, 0.25) is 0 Å². The van der Waals surface area contributed by atoms with E-state index in [0.29, 0.717) is 25.2 Å². The highest BCUT2D eigenvalue weighted by Gasteiger charge is 2.10. The van der Waals surface area contributed by atoms with Crippen LogP contribution >= 0.6 is 0 Å². The molecule has 0 radical (unpaired) electrons. The molecule has 1 aromatic carbocycles. The van der Waals surface area contributed by atoms with Gasteiger partial charge in [0.25, 0.3) is 5.91 Å². The lowest BCUT2D eigenvalue weighted by atomic mass is 10.1. The Labute approximate surface area is 185 Å². The summed E-state index contributed by atoms with van der Waals surface area (Å²) < 4.78 is 0. The number of carbonyl (C=O) groups is 1. The first-order chi connectivity index (χ1) is 15.2. The molecule has 2 heterocycles. The van der Waals surface area contributed by atoms with Crippen LogP contribution in [0.1, 0.15) is 47.7 Å². The van der Waals surface area contributed by atoms with Crippen molar-refractivity contribution in [3.8, 4) is 0 Å². The molecule has 1 aromatic heterocycles. The number of benzene rings is 1. The molecule has 31 heavy (non-hydrogen) atoms. The third-order valence-corrected chi connectivity index (χ3v) is 5.27. The highest BCUT2D eigenvalue weighted by atomic mass is 16.1. The third kappa shape index (κ3) is 8.02. The SMILES string of the molecule is CCNC(=NCc1ccc(CN2CCCCC2)cc1)NCCNC(=O)c1cccnc1. The van der Waals surface area contributed by atoms with Crippen molar-refractivity contribution in [1.29, 1.82) is 0 Å². The number of guanidine groups is 1. The Bertz CT molecular complexity index is 816. The Kier molecular flexibility index (Phi) is 9.32. The molecule has 7 heteroatoms. The Morgan fingerprint density at radius 1 is 1.00 bits per heavy atom. The van der Waals surface area contributed by atoms with Gasteiger partial charge in [-0.05, 0) is 56.1 Å². The number of pyridine rings is 1. The van der Waals surface area contributed by atoms with Crippen LogP contribution in [0.5, 0.6) is 0 Å². The van der Waals surface area contributed by atoms with Crippen LogP contribution in [0.15, 0.2) is 53.8 Å². The van der Waals surface area contributed by atoms with E-state index in [4.69, 9.17) is 0 Å². The zero-order valence-corrected chi connectivity index (χ0v) is 18.4. The van der Waals surface area contributed by atoms with Gasteiger partial charge in [0.15, 0.2) is 5.96 Å². The zero-order valence-electron chi connectivity index (χ0n) is 18.4. The first-order valence-corrected chi connectivity index (χ1v) is 11.2. The molecule has 166 valence electrons. The Balaban J connectivity index is 1.42. The number of carbonyl (C=O) groups excluding carboxylic acids is 1. The number of amides is 1. The molecular formula is C24H34N6O. The number of nitrogens with zero attached hydrogens (tertiary/aromatic N) is 3. The Morgan fingerprint density at radius 2 is 1.74 bits per heavy atom. The minimum atomic E-state index is -0.124. The smallest absolute Gasteiger partial charge is 0.252 e. The second-order valence-corrected chi connectivity index (χ2v) is 7.77. The van der Waals surface area contributed by atoms with Crippen LogP contribution in [-0.2, 0) is 13.1 Å². The number of piperidine rings is 1.